The van der Waals surface area contributed by atoms with Crippen LogP contribution in [0.3, 0.4) is 0 Å². The number of anilines is 1. The molecule has 0 unspecified atom stereocenters. The molecule has 1 amide bonds. The molecule has 5 heteroatoms. The van der Waals surface area contributed by atoms with Gasteiger partial charge in [-0.2, -0.15) is 0 Å². The van der Waals surface area contributed by atoms with Gasteiger partial charge in [0.15, 0.2) is 0 Å². The summed E-state index contributed by atoms with van der Waals surface area (Å²) in [6, 6.07) is 11.5. The molecule has 0 bridgehead atoms. The molecule has 1 aromatic carbocycles. The van der Waals surface area contributed by atoms with Crippen LogP contribution >= 0.6 is 27.7 Å². The van der Waals surface area contributed by atoms with Crippen LogP contribution in [-0.4, -0.2) is 16.6 Å². The van der Waals surface area contributed by atoms with Crippen LogP contribution < -0.4 is 5.32 Å². The van der Waals surface area contributed by atoms with Gasteiger partial charge in [-0.15, -0.1) is 11.8 Å². The first-order valence-corrected chi connectivity index (χ1v) is 7.53. The normalized spacial score (nSPS) is 10.2. The second-order valence-electron chi connectivity index (χ2n) is 3.96. The van der Waals surface area contributed by atoms with Gasteiger partial charge in [-0.25, -0.2) is 4.98 Å². The summed E-state index contributed by atoms with van der Waals surface area (Å²) in [4.78, 5) is 16.9. The lowest BCUT2D eigenvalue weighted by molar-refractivity contribution is -0.113. The van der Waals surface area contributed by atoms with Crippen molar-refractivity contribution in [2.75, 3.05) is 11.1 Å². The summed E-state index contributed by atoms with van der Waals surface area (Å²) >= 11 is 4.95. The van der Waals surface area contributed by atoms with Gasteiger partial charge in [0, 0.05) is 15.6 Å². The Morgan fingerprint density at radius 3 is 2.89 bits per heavy atom. The fourth-order valence-electron chi connectivity index (χ4n) is 1.53. The highest BCUT2D eigenvalue weighted by Crippen LogP contribution is 2.25. The summed E-state index contributed by atoms with van der Waals surface area (Å²) in [7, 11) is 0. The fourth-order valence-corrected chi connectivity index (χ4v) is 2.82. The van der Waals surface area contributed by atoms with Gasteiger partial charge in [0.25, 0.3) is 0 Å². The highest BCUT2D eigenvalue weighted by atomic mass is 79.9. The number of pyridine rings is 1. The van der Waals surface area contributed by atoms with E-state index in [-0.39, 0.29) is 5.91 Å². The van der Waals surface area contributed by atoms with Gasteiger partial charge < -0.3 is 5.32 Å². The SMILES string of the molecule is Cc1cc(Br)ccc1SCC(=O)Nc1ccccn1. The van der Waals surface area contributed by atoms with Gasteiger partial charge in [0.1, 0.15) is 5.82 Å². The van der Waals surface area contributed by atoms with Gasteiger partial charge in [-0.05, 0) is 42.8 Å². The van der Waals surface area contributed by atoms with Gasteiger partial charge in [-0.3, -0.25) is 4.79 Å². The highest BCUT2D eigenvalue weighted by molar-refractivity contribution is 9.10. The summed E-state index contributed by atoms with van der Waals surface area (Å²) in [5, 5.41) is 2.76. The standard InChI is InChI=1S/C14H13BrN2OS/c1-10-8-11(15)5-6-12(10)19-9-14(18)17-13-4-2-3-7-16-13/h2-8H,9H2,1H3,(H,16,17,18). The van der Waals surface area contributed by atoms with Crippen molar-refractivity contribution >= 4 is 39.4 Å². The predicted octanol–water partition coefficient (Wildman–Crippen LogP) is 3.88. The summed E-state index contributed by atoms with van der Waals surface area (Å²) in [5.74, 6) is 0.908. The van der Waals surface area contributed by atoms with E-state index in [0.717, 1.165) is 14.9 Å². The number of rotatable bonds is 4. The number of nitrogens with zero attached hydrogens (tertiary/aromatic N) is 1. The molecular weight excluding hydrogens is 324 g/mol. The molecule has 98 valence electrons. The first kappa shape index (κ1) is 14.1. The maximum Gasteiger partial charge on any atom is 0.235 e. The molecule has 2 rings (SSSR count). The van der Waals surface area contributed by atoms with Crippen molar-refractivity contribution in [1.29, 1.82) is 0 Å². The van der Waals surface area contributed by atoms with Crippen molar-refractivity contribution < 1.29 is 4.79 Å². The van der Waals surface area contributed by atoms with Crippen LogP contribution in [0.4, 0.5) is 5.82 Å². The molecule has 2 aromatic rings. The van der Waals surface area contributed by atoms with Gasteiger partial charge in [-0.1, -0.05) is 22.0 Å². The number of nitrogens with one attached hydrogen (secondary N) is 1. The molecule has 1 heterocycles. The van der Waals surface area contributed by atoms with Crippen molar-refractivity contribution in [3.8, 4) is 0 Å². The topological polar surface area (TPSA) is 42.0 Å². The summed E-state index contributed by atoms with van der Waals surface area (Å²) in [6.45, 7) is 2.03. The third kappa shape index (κ3) is 4.36. The molecule has 19 heavy (non-hydrogen) atoms. The first-order chi connectivity index (χ1) is 9.15. The molecule has 0 saturated carbocycles. The zero-order valence-corrected chi connectivity index (χ0v) is 12.8. The van der Waals surface area contributed by atoms with Crippen LogP contribution in [0.5, 0.6) is 0 Å². The fraction of sp³-hybridized carbons (Fsp3) is 0.143. The smallest absolute Gasteiger partial charge is 0.235 e. The highest BCUT2D eigenvalue weighted by Gasteiger charge is 2.06. The zero-order chi connectivity index (χ0) is 13.7. The molecule has 1 N–H and O–H groups in total. The number of amides is 1. The molecule has 3 nitrogen and oxygen atoms in total. The number of hydrogen-bond acceptors (Lipinski definition) is 3. The zero-order valence-electron chi connectivity index (χ0n) is 10.4. The van der Waals surface area contributed by atoms with Crippen molar-refractivity contribution in [2.45, 2.75) is 11.8 Å². The van der Waals surface area contributed by atoms with Crippen LogP contribution in [0.25, 0.3) is 0 Å². The van der Waals surface area contributed by atoms with Crippen LogP contribution in [0, 0.1) is 6.92 Å². The lowest BCUT2D eigenvalue weighted by atomic mass is 10.2. The molecule has 0 aliphatic carbocycles. The van der Waals surface area contributed by atoms with E-state index in [2.05, 4.69) is 26.2 Å². The molecular formula is C14H13BrN2OS. The van der Waals surface area contributed by atoms with Gasteiger partial charge in [0.05, 0.1) is 5.75 Å². The number of aromatic nitrogens is 1. The molecule has 0 aliphatic heterocycles. The van der Waals surface area contributed by atoms with Crippen LogP contribution in [0.15, 0.2) is 52.0 Å². The average Bonchev–Trinajstić information content (AvgIpc) is 2.39. The van der Waals surface area contributed by atoms with E-state index in [1.165, 1.54) is 11.8 Å². The summed E-state index contributed by atoms with van der Waals surface area (Å²) in [5.41, 5.74) is 1.16. The number of aryl methyl sites for hydroxylation is 1. The Kier molecular flexibility index (Phi) is 4.99. The second-order valence-corrected chi connectivity index (χ2v) is 5.89. The number of benzene rings is 1. The monoisotopic (exact) mass is 336 g/mol. The predicted molar refractivity (Wildman–Crippen MR) is 82.5 cm³/mol. The van der Waals surface area contributed by atoms with Crippen molar-refractivity contribution in [2.24, 2.45) is 0 Å². The van der Waals surface area contributed by atoms with E-state index in [1.807, 2.05) is 37.3 Å². The van der Waals surface area contributed by atoms with E-state index in [1.54, 1.807) is 12.3 Å². The summed E-state index contributed by atoms with van der Waals surface area (Å²) < 4.78 is 1.05. The molecule has 0 atom stereocenters. The minimum atomic E-state index is -0.0500. The quantitative estimate of drug-likeness (QED) is 0.861. The number of carbonyl (C=O) groups is 1. The largest absolute Gasteiger partial charge is 0.310 e. The Bertz CT molecular complexity index is 575. The minimum Gasteiger partial charge on any atom is -0.310 e. The Labute approximate surface area is 125 Å². The van der Waals surface area contributed by atoms with E-state index in [0.29, 0.717) is 11.6 Å². The maximum atomic E-state index is 11.8. The number of halogens is 1. The lowest BCUT2D eigenvalue weighted by Crippen LogP contribution is -2.14. The Hall–Kier alpha value is -1.33. The lowest BCUT2D eigenvalue weighted by Gasteiger charge is -2.06. The number of carbonyl (C=O) groups excluding carboxylic acids is 1. The maximum absolute atomic E-state index is 11.8. The van der Waals surface area contributed by atoms with Crippen LogP contribution in [0.1, 0.15) is 5.56 Å². The first-order valence-electron chi connectivity index (χ1n) is 5.75. The Morgan fingerprint density at radius 1 is 1.37 bits per heavy atom. The molecule has 1 aromatic heterocycles. The number of thioether (sulfide) groups is 1. The van der Waals surface area contributed by atoms with Crippen molar-refractivity contribution in [1.82, 2.24) is 4.98 Å². The molecule has 0 spiro atoms. The van der Waals surface area contributed by atoms with Gasteiger partial charge in [0.2, 0.25) is 5.91 Å². The summed E-state index contributed by atoms with van der Waals surface area (Å²) in [6.07, 6.45) is 1.65. The average molecular weight is 337 g/mol. The number of hydrogen-bond donors (Lipinski definition) is 1. The molecule has 0 fully saturated rings. The van der Waals surface area contributed by atoms with Crippen LogP contribution in [-0.2, 0) is 4.79 Å². The minimum absolute atomic E-state index is 0.0500. The third-order valence-corrected chi connectivity index (χ3v) is 4.10. The van der Waals surface area contributed by atoms with E-state index in [4.69, 9.17) is 0 Å². The van der Waals surface area contributed by atoms with Gasteiger partial charge >= 0.3 is 0 Å². The molecule has 0 saturated heterocycles. The van der Waals surface area contributed by atoms with Crippen molar-refractivity contribution in [3.05, 3.63) is 52.6 Å². The van der Waals surface area contributed by atoms with E-state index in [9.17, 15) is 4.79 Å². The van der Waals surface area contributed by atoms with Crippen molar-refractivity contribution in [3.63, 3.8) is 0 Å². The molecule has 0 aliphatic rings. The molecule has 0 radical (unpaired) electrons. The van der Waals surface area contributed by atoms with E-state index < -0.39 is 0 Å². The second kappa shape index (κ2) is 6.73. The Balaban J connectivity index is 1.90. The van der Waals surface area contributed by atoms with Crippen LogP contribution in [0.2, 0.25) is 0 Å². The Morgan fingerprint density at radius 2 is 2.21 bits per heavy atom. The third-order valence-electron chi connectivity index (χ3n) is 2.43. The van der Waals surface area contributed by atoms with E-state index >= 15 is 0 Å².